The lowest BCUT2D eigenvalue weighted by atomic mass is 9.82. The first-order valence-corrected chi connectivity index (χ1v) is 8.36. The molecule has 2 saturated heterocycles. The number of fused-ring (bicyclic) bond motifs is 2. The summed E-state index contributed by atoms with van der Waals surface area (Å²) >= 11 is 0. The van der Waals surface area contributed by atoms with E-state index in [-0.39, 0.29) is 11.5 Å². The Morgan fingerprint density at radius 3 is 2.05 bits per heavy atom. The Morgan fingerprint density at radius 1 is 1.05 bits per heavy atom. The Hall–Kier alpha value is -0.860. The van der Waals surface area contributed by atoms with Gasteiger partial charge in [0.1, 0.15) is 0 Å². The summed E-state index contributed by atoms with van der Waals surface area (Å²) in [7, 11) is 2.25. The van der Waals surface area contributed by atoms with Gasteiger partial charge in [-0.15, -0.1) is 0 Å². The quantitative estimate of drug-likeness (QED) is 0.892. The summed E-state index contributed by atoms with van der Waals surface area (Å²) in [5.74, 6) is 0.430. The van der Waals surface area contributed by atoms with Gasteiger partial charge in [0, 0.05) is 12.1 Å². The Balaban J connectivity index is 1.72. The zero-order valence-corrected chi connectivity index (χ0v) is 13.8. The number of benzene rings is 1. The molecule has 2 heterocycles. The third-order valence-corrected chi connectivity index (χ3v) is 5.70. The molecular formula is C19H29NO. The van der Waals surface area contributed by atoms with E-state index < -0.39 is 0 Å². The van der Waals surface area contributed by atoms with Gasteiger partial charge in [0.25, 0.3) is 0 Å². The van der Waals surface area contributed by atoms with Crippen LogP contribution in [0.25, 0.3) is 0 Å². The number of piperidine rings is 1. The number of rotatable bonds is 2. The fraction of sp³-hybridized carbons (Fsp3) is 0.684. The van der Waals surface area contributed by atoms with Gasteiger partial charge in [-0.2, -0.15) is 0 Å². The number of hydrogen-bond acceptors (Lipinski definition) is 2. The van der Waals surface area contributed by atoms with Crippen LogP contribution in [0.3, 0.4) is 0 Å². The minimum Gasteiger partial charge on any atom is -0.388 e. The monoisotopic (exact) mass is 287 g/mol. The second-order valence-electron chi connectivity index (χ2n) is 8.10. The first-order chi connectivity index (χ1) is 9.86. The number of nitrogens with zero attached hydrogens (tertiary/aromatic N) is 1. The highest BCUT2D eigenvalue weighted by Crippen LogP contribution is 2.42. The number of hydrogen-bond donors (Lipinski definition) is 1. The molecule has 3 unspecified atom stereocenters. The molecule has 2 bridgehead atoms. The van der Waals surface area contributed by atoms with Gasteiger partial charge in [0.15, 0.2) is 0 Å². The van der Waals surface area contributed by atoms with Crippen LogP contribution in [0.1, 0.15) is 63.7 Å². The van der Waals surface area contributed by atoms with Gasteiger partial charge < -0.3 is 10.0 Å². The zero-order chi connectivity index (χ0) is 15.2. The van der Waals surface area contributed by atoms with Crippen LogP contribution < -0.4 is 0 Å². The Morgan fingerprint density at radius 2 is 1.57 bits per heavy atom. The van der Waals surface area contributed by atoms with Crippen LogP contribution in [-0.4, -0.2) is 29.1 Å². The van der Waals surface area contributed by atoms with Crippen molar-refractivity contribution in [2.75, 3.05) is 7.05 Å². The van der Waals surface area contributed by atoms with Gasteiger partial charge in [-0.05, 0) is 55.2 Å². The summed E-state index contributed by atoms with van der Waals surface area (Å²) < 4.78 is 0. The molecule has 2 heteroatoms. The minimum absolute atomic E-state index is 0.177. The molecule has 0 aliphatic carbocycles. The van der Waals surface area contributed by atoms with Crippen molar-refractivity contribution in [2.24, 2.45) is 5.92 Å². The molecule has 116 valence electrons. The van der Waals surface area contributed by atoms with Crippen molar-refractivity contribution in [3.63, 3.8) is 0 Å². The molecule has 0 aromatic heterocycles. The summed E-state index contributed by atoms with van der Waals surface area (Å²) in [4.78, 5) is 2.53. The first kappa shape index (κ1) is 15.1. The lowest BCUT2D eigenvalue weighted by Gasteiger charge is -2.38. The van der Waals surface area contributed by atoms with E-state index in [1.165, 1.54) is 18.4 Å². The Labute approximate surface area is 129 Å². The topological polar surface area (TPSA) is 23.5 Å². The van der Waals surface area contributed by atoms with E-state index >= 15 is 0 Å². The van der Waals surface area contributed by atoms with E-state index in [1.54, 1.807) is 0 Å². The van der Waals surface area contributed by atoms with Crippen molar-refractivity contribution < 1.29 is 5.11 Å². The SMILES string of the molecule is CN1C2CCC1CC(C(O)c1ccc(C(C)(C)C)cc1)C2. The first-order valence-electron chi connectivity index (χ1n) is 8.36. The van der Waals surface area contributed by atoms with Gasteiger partial charge in [-0.3, -0.25) is 0 Å². The smallest absolute Gasteiger partial charge is 0.0819 e. The second kappa shape index (κ2) is 5.40. The molecule has 1 aromatic carbocycles. The molecule has 1 aromatic rings. The highest BCUT2D eigenvalue weighted by molar-refractivity contribution is 5.29. The van der Waals surface area contributed by atoms with Gasteiger partial charge in [0.05, 0.1) is 6.10 Å². The summed E-state index contributed by atoms with van der Waals surface area (Å²) in [6.45, 7) is 6.69. The molecule has 3 atom stereocenters. The maximum Gasteiger partial charge on any atom is 0.0819 e. The van der Waals surface area contributed by atoms with Crippen LogP contribution >= 0.6 is 0 Å². The van der Waals surface area contributed by atoms with Crippen molar-refractivity contribution in [3.8, 4) is 0 Å². The van der Waals surface area contributed by atoms with Crippen molar-refractivity contribution in [1.82, 2.24) is 4.90 Å². The van der Waals surface area contributed by atoms with E-state index in [4.69, 9.17) is 0 Å². The van der Waals surface area contributed by atoms with Crippen LogP contribution in [0, 0.1) is 5.92 Å². The fourth-order valence-corrected chi connectivity index (χ4v) is 4.16. The Bertz CT molecular complexity index is 473. The molecule has 3 rings (SSSR count). The molecule has 0 radical (unpaired) electrons. The molecule has 2 fully saturated rings. The molecule has 2 nitrogen and oxygen atoms in total. The maximum atomic E-state index is 10.8. The molecule has 0 saturated carbocycles. The standard InChI is InChI=1S/C19H29NO/c1-19(2,3)15-7-5-13(6-8-15)18(21)14-11-16-9-10-17(12-14)20(16)4/h5-8,14,16-18,21H,9-12H2,1-4H3. The van der Waals surface area contributed by atoms with Crippen LogP contribution in [-0.2, 0) is 5.41 Å². The van der Waals surface area contributed by atoms with Crippen LogP contribution in [0.4, 0.5) is 0 Å². The third-order valence-electron chi connectivity index (χ3n) is 5.70. The van der Waals surface area contributed by atoms with Gasteiger partial charge >= 0.3 is 0 Å². The molecule has 1 N–H and O–H groups in total. The average Bonchev–Trinajstić information content (AvgIpc) is 2.66. The average molecular weight is 287 g/mol. The Kier molecular flexibility index (Phi) is 3.87. The summed E-state index contributed by atoms with van der Waals surface area (Å²) in [6, 6.07) is 10.0. The predicted octanol–water partition coefficient (Wildman–Crippen LogP) is 3.89. The number of aliphatic hydroxyl groups is 1. The van der Waals surface area contributed by atoms with Gasteiger partial charge in [-0.25, -0.2) is 0 Å². The van der Waals surface area contributed by atoms with E-state index in [0.717, 1.165) is 18.4 Å². The van der Waals surface area contributed by atoms with Crippen molar-refractivity contribution in [2.45, 2.75) is 70.1 Å². The van der Waals surface area contributed by atoms with Crippen molar-refractivity contribution in [3.05, 3.63) is 35.4 Å². The predicted molar refractivity (Wildman–Crippen MR) is 87.4 cm³/mol. The highest BCUT2D eigenvalue weighted by atomic mass is 16.3. The van der Waals surface area contributed by atoms with Crippen molar-refractivity contribution >= 4 is 0 Å². The van der Waals surface area contributed by atoms with E-state index in [9.17, 15) is 5.11 Å². The normalized spacial score (nSPS) is 31.4. The molecule has 2 aliphatic heterocycles. The third kappa shape index (κ3) is 2.89. The van der Waals surface area contributed by atoms with E-state index in [1.807, 2.05) is 0 Å². The van der Waals surface area contributed by atoms with Crippen LogP contribution in [0.5, 0.6) is 0 Å². The molecular weight excluding hydrogens is 258 g/mol. The van der Waals surface area contributed by atoms with E-state index in [2.05, 4.69) is 57.0 Å². The molecule has 0 spiro atoms. The lowest BCUT2D eigenvalue weighted by Crippen LogP contribution is -2.41. The minimum atomic E-state index is -0.296. The van der Waals surface area contributed by atoms with E-state index in [0.29, 0.717) is 18.0 Å². The highest BCUT2D eigenvalue weighted by Gasteiger charge is 2.40. The summed E-state index contributed by atoms with van der Waals surface area (Å²) in [5.41, 5.74) is 2.61. The van der Waals surface area contributed by atoms with Crippen LogP contribution in [0.15, 0.2) is 24.3 Å². The fourth-order valence-electron chi connectivity index (χ4n) is 4.16. The molecule has 21 heavy (non-hydrogen) atoms. The molecule has 2 aliphatic rings. The number of aliphatic hydroxyl groups excluding tert-OH is 1. The van der Waals surface area contributed by atoms with Gasteiger partial charge in [-0.1, -0.05) is 45.0 Å². The second-order valence-corrected chi connectivity index (χ2v) is 8.10. The van der Waals surface area contributed by atoms with Crippen LogP contribution in [0.2, 0.25) is 0 Å². The summed E-state index contributed by atoms with van der Waals surface area (Å²) in [6.07, 6.45) is 4.63. The van der Waals surface area contributed by atoms with Gasteiger partial charge in [0.2, 0.25) is 0 Å². The lowest BCUT2D eigenvalue weighted by molar-refractivity contribution is 0.0356. The maximum absolute atomic E-state index is 10.8. The van der Waals surface area contributed by atoms with Crippen molar-refractivity contribution in [1.29, 1.82) is 0 Å². The zero-order valence-electron chi connectivity index (χ0n) is 13.8. The largest absolute Gasteiger partial charge is 0.388 e. The summed E-state index contributed by atoms with van der Waals surface area (Å²) in [5, 5.41) is 10.8. The molecule has 0 amide bonds.